The molecule has 0 aliphatic rings. The molecule has 0 aliphatic carbocycles. The molecule has 0 aromatic carbocycles. The summed E-state index contributed by atoms with van der Waals surface area (Å²) < 4.78 is 0. The van der Waals surface area contributed by atoms with Crippen molar-refractivity contribution in [1.82, 2.24) is 0 Å². The van der Waals surface area contributed by atoms with Gasteiger partial charge >= 0.3 is 0 Å². The molecule has 0 saturated carbocycles. The van der Waals surface area contributed by atoms with Crippen LogP contribution in [0.3, 0.4) is 0 Å². The molecule has 0 amide bonds. The second kappa shape index (κ2) is 17.8. The molecule has 2 N–H and O–H groups in total. The van der Waals surface area contributed by atoms with Crippen molar-refractivity contribution < 1.29 is 0 Å². The van der Waals surface area contributed by atoms with Crippen molar-refractivity contribution in [1.29, 1.82) is 0 Å². The van der Waals surface area contributed by atoms with Crippen LogP contribution in [0.25, 0.3) is 0 Å². The molecule has 0 aromatic rings. The Morgan fingerprint density at radius 2 is 1.24 bits per heavy atom. The van der Waals surface area contributed by atoms with E-state index < -0.39 is 0 Å². The monoisotopic (exact) mass is 315 g/mol. The Hall–Kier alpha value is -0.270. The van der Waals surface area contributed by atoms with E-state index in [4.69, 9.17) is 5.73 Å². The zero-order chi connectivity index (χ0) is 15.1. The van der Waals surface area contributed by atoms with Gasteiger partial charge in [-0.05, 0) is 25.2 Å². The second-order valence-corrected chi connectivity index (χ2v) is 6.09. The maximum atomic E-state index is 6.29. The maximum absolute atomic E-state index is 6.29. The lowest BCUT2D eigenvalue weighted by molar-refractivity contribution is 0.391. The standard InChI is InChI=1S/C19H37N.ClH/c1-4-7-8-9-10-11-12-13-14-17-19(20)18(15-5-2)16-6-3;/h5-6,18-19H,2-4,7-17,20H2,1H3;1H. The van der Waals surface area contributed by atoms with Crippen LogP contribution < -0.4 is 5.73 Å². The SMILES string of the molecule is C=CCC(CC=C)C(N)CCCCCCCCCCC.Cl. The van der Waals surface area contributed by atoms with Gasteiger partial charge in [-0.15, -0.1) is 25.6 Å². The van der Waals surface area contributed by atoms with E-state index in [-0.39, 0.29) is 12.4 Å². The predicted octanol–water partition coefficient (Wildman–Crippen LogP) is 6.42. The Balaban J connectivity index is 0. The smallest absolute Gasteiger partial charge is 0.00730 e. The van der Waals surface area contributed by atoms with Gasteiger partial charge in [-0.3, -0.25) is 0 Å². The largest absolute Gasteiger partial charge is 0.327 e. The van der Waals surface area contributed by atoms with Crippen molar-refractivity contribution in [2.45, 2.75) is 90.0 Å². The zero-order valence-electron chi connectivity index (χ0n) is 14.2. The van der Waals surface area contributed by atoms with E-state index in [0.717, 1.165) is 19.3 Å². The molecule has 2 heteroatoms. The normalized spacial score (nSPS) is 12.0. The fourth-order valence-electron chi connectivity index (χ4n) is 2.80. The number of halogens is 1. The molecule has 0 aromatic heterocycles. The number of unbranched alkanes of at least 4 members (excludes halogenated alkanes) is 8. The summed E-state index contributed by atoms with van der Waals surface area (Å²) in [6.07, 6.45) is 19.6. The molecule has 1 unspecified atom stereocenters. The Morgan fingerprint density at radius 1 is 0.810 bits per heavy atom. The minimum Gasteiger partial charge on any atom is -0.327 e. The molecule has 0 fully saturated rings. The quantitative estimate of drug-likeness (QED) is 0.273. The molecule has 0 spiro atoms. The van der Waals surface area contributed by atoms with E-state index in [0.29, 0.717) is 12.0 Å². The van der Waals surface area contributed by atoms with Gasteiger partial charge in [-0.1, -0.05) is 76.9 Å². The van der Waals surface area contributed by atoms with Crippen molar-refractivity contribution in [2.75, 3.05) is 0 Å². The van der Waals surface area contributed by atoms with Crippen molar-refractivity contribution in [3.8, 4) is 0 Å². The molecule has 0 rings (SSSR count). The average molecular weight is 316 g/mol. The van der Waals surface area contributed by atoms with Gasteiger partial charge in [0.25, 0.3) is 0 Å². The van der Waals surface area contributed by atoms with Gasteiger partial charge < -0.3 is 5.73 Å². The van der Waals surface area contributed by atoms with Crippen LogP contribution in [-0.2, 0) is 0 Å². The van der Waals surface area contributed by atoms with Crippen LogP contribution >= 0.6 is 12.4 Å². The fraction of sp³-hybridized carbons (Fsp3) is 0.789. The lowest BCUT2D eigenvalue weighted by Crippen LogP contribution is -2.29. The highest BCUT2D eigenvalue weighted by Gasteiger charge is 2.14. The predicted molar refractivity (Wildman–Crippen MR) is 100 cm³/mol. The van der Waals surface area contributed by atoms with Crippen LogP contribution in [0.5, 0.6) is 0 Å². The summed E-state index contributed by atoms with van der Waals surface area (Å²) >= 11 is 0. The molecule has 0 heterocycles. The first-order valence-electron chi connectivity index (χ1n) is 8.73. The van der Waals surface area contributed by atoms with Crippen LogP contribution in [0.15, 0.2) is 25.3 Å². The fourth-order valence-corrected chi connectivity index (χ4v) is 2.80. The lowest BCUT2D eigenvalue weighted by Gasteiger charge is -2.21. The van der Waals surface area contributed by atoms with E-state index in [9.17, 15) is 0 Å². The Labute approximate surface area is 139 Å². The van der Waals surface area contributed by atoms with Crippen molar-refractivity contribution >= 4 is 12.4 Å². The zero-order valence-corrected chi connectivity index (χ0v) is 15.0. The third kappa shape index (κ3) is 14.4. The number of nitrogens with two attached hydrogens (primary N) is 1. The summed E-state index contributed by atoms with van der Waals surface area (Å²) in [7, 11) is 0. The van der Waals surface area contributed by atoms with Crippen LogP contribution in [0.1, 0.15) is 84.0 Å². The minimum absolute atomic E-state index is 0. The van der Waals surface area contributed by atoms with Crippen LogP contribution in [0, 0.1) is 5.92 Å². The topological polar surface area (TPSA) is 26.0 Å². The number of allylic oxidation sites excluding steroid dienone is 2. The Kier molecular flexibility index (Phi) is 19.5. The number of hydrogen-bond acceptors (Lipinski definition) is 1. The third-order valence-corrected chi connectivity index (χ3v) is 4.19. The number of rotatable bonds is 15. The molecule has 0 aliphatic heterocycles. The lowest BCUT2D eigenvalue weighted by atomic mass is 9.89. The summed E-state index contributed by atoms with van der Waals surface area (Å²) in [5.41, 5.74) is 6.29. The first kappa shape index (κ1) is 23.0. The van der Waals surface area contributed by atoms with Gasteiger partial charge in [0.2, 0.25) is 0 Å². The van der Waals surface area contributed by atoms with E-state index in [2.05, 4.69) is 20.1 Å². The summed E-state index contributed by atoms with van der Waals surface area (Å²) in [6.45, 7) is 9.93. The average Bonchev–Trinajstić information content (AvgIpc) is 2.45. The van der Waals surface area contributed by atoms with E-state index in [1.165, 1.54) is 57.8 Å². The first-order valence-corrected chi connectivity index (χ1v) is 8.73. The van der Waals surface area contributed by atoms with E-state index in [1.807, 2.05) is 12.2 Å². The molecule has 0 saturated heterocycles. The molecular weight excluding hydrogens is 278 g/mol. The molecule has 1 atom stereocenters. The summed E-state index contributed by atoms with van der Waals surface area (Å²) in [4.78, 5) is 0. The van der Waals surface area contributed by atoms with Gasteiger partial charge in [-0.25, -0.2) is 0 Å². The Morgan fingerprint density at radius 3 is 1.67 bits per heavy atom. The maximum Gasteiger partial charge on any atom is 0.00730 e. The highest BCUT2D eigenvalue weighted by molar-refractivity contribution is 5.85. The Bertz CT molecular complexity index is 218. The van der Waals surface area contributed by atoms with Crippen molar-refractivity contribution in [2.24, 2.45) is 11.7 Å². The van der Waals surface area contributed by atoms with Crippen molar-refractivity contribution in [3.63, 3.8) is 0 Å². The van der Waals surface area contributed by atoms with Gasteiger partial charge in [0, 0.05) is 6.04 Å². The van der Waals surface area contributed by atoms with E-state index >= 15 is 0 Å². The van der Waals surface area contributed by atoms with Crippen LogP contribution in [0.2, 0.25) is 0 Å². The summed E-state index contributed by atoms with van der Waals surface area (Å²) in [5, 5.41) is 0. The van der Waals surface area contributed by atoms with Gasteiger partial charge in [-0.2, -0.15) is 0 Å². The van der Waals surface area contributed by atoms with Gasteiger partial charge in [0.1, 0.15) is 0 Å². The van der Waals surface area contributed by atoms with Gasteiger partial charge in [0.15, 0.2) is 0 Å². The molecule has 0 radical (unpaired) electrons. The van der Waals surface area contributed by atoms with E-state index in [1.54, 1.807) is 0 Å². The van der Waals surface area contributed by atoms with Crippen LogP contribution in [0.4, 0.5) is 0 Å². The molecule has 21 heavy (non-hydrogen) atoms. The number of hydrogen-bond donors (Lipinski definition) is 1. The minimum atomic E-state index is 0. The highest BCUT2D eigenvalue weighted by atomic mass is 35.5. The third-order valence-electron chi connectivity index (χ3n) is 4.19. The molecule has 1 nitrogen and oxygen atoms in total. The first-order chi connectivity index (χ1) is 9.76. The highest BCUT2D eigenvalue weighted by Crippen LogP contribution is 2.19. The van der Waals surface area contributed by atoms with Gasteiger partial charge in [0.05, 0.1) is 0 Å². The second-order valence-electron chi connectivity index (χ2n) is 6.09. The molecule has 0 bridgehead atoms. The van der Waals surface area contributed by atoms with Crippen molar-refractivity contribution in [3.05, 3.63) is 25.3 Å². The molecular formula is C19H38ClN. The summed E-state index contributed by atoms with van der Waals surface area (Å²) in [6, 6.07) is 0.315. The molecule has 126 valence electrons. The summed E-state index contributed by atoms with van der Waals surface area (Å²) in [5.74, 6) is 0.541. The van der Waals surface area contributed by atoms with Crippen LogP contribution in [-0.4, -0.2) is 6.04 Å².